The molecule has 23 heavy (non-hydrogen) atoms. The molecule has 124 valence electrons. The van der Waals surface area contributed by atoms with E-state index in [0.29, 0.717) is 11.1 Å². The van der Waals surface area contributed by atoms with Crippen molar-refractivity contribution in [2.24, 2.45) is 0 Å². The zero-order valence-electron chi connectivity index (χ0n) is 12.3. The summed E-state index contributed by atoms with van der Waals surface area (Å²) in [7, 11) is 1.47. The van der Waals surface area contributed by atoms with E-state index in [1.807, 2.05) is 0 Å². The first-order chi connectivity index (χ1) is 10.8. The van der Waals surface area contributed by atoms with Gasteiger partial charge in [-0.2, -0.15) is 13.2 Å². The van der Waals surface area contributed by atoms with Gasteiger partial charge in [0.15, 0.2) is 6.10 Å². The molecular formula is C16H16F4N2O. The zero-order chi connectivity index (χ0) is 17.0. The number of halogens is 4. The maximum atomic E-state index is 13.1. The Labute approximate surface area is 131 Å². The summed E-state index contributed by atoms with van der Waals surface area (Å²) >= 11 is 0. The molecule has 1 heterocycles. The molecule has 0 bridgehead atoms. The van der Waals surface area contributed by atoms with Gasteiger partial charge in [-0.05, 0) is 36.4 Å². The number of pyridine rings is 1. The largest absolute Gasteiger partial charge is 0.415 e. The fourth-order valence-electron chi connectivity index (χ4n) is 2.37. The lowest BCUT2D eigenvalue weighted by Gasteiger charge is -2.31. The third kappa shape index (κ3) is 4.49. The van der Waals surface area contributed by atoms with Gasteiger partial charge in [0.2, 0.25) is 0 Å². The van der Waals surface area contributed by atoms with Crippen LogP contribution in [0.5, 0.6) is 0 Å². The van der Waals surface area contributed by atoms with Gasteiger partial charge in [-0.1, -0.05) is 18.2 Å². The lowest BCUT2D eigenvalue weighted by atomic mass is 9.98. The second-order valence-corrected chi connectivity index (χ2v) is 5.24. The minimum Gasteiger partial charge on any atom is -0.382 e. The first-order valence-corrected chi connectivity index (χ1v) is 6.89. The summed E-state index contributed by atoms with van der Waals surface area (Å²) < 4.78 is 50.9. The van der Waals surface area contributed by atoms with Crippen molar-refractivity contribution in [3.05, 3.63) is 65.7 Å². The molecule has 0 aliphatic heterocycles. The molecule has 0 saturated carbocycles. The molecule has 0 radical (unpaired) electrons. The molecule has 0 amide bonds. The van der Waals surface area contributed by atoms with E-state index >= 15 is 0 Å². The SMILES string of the molecule is CN(CC(O)C(F)(F)F)C(c1ccc(F)cc1)c1cccnc1. The van der Waals surface area contributed by atoms with Crippen molar-refractivity contribution in [1.82, 2.24) is 9.88 Å². The smallest absolute Gasteiger partial charge is 0.382 e. The number of hydrogen-bond acceptors (Lipinski definition) is 3. The van der Waals surface area contributed by atoms with Crippen LogP contribution in [0.25, 0.3) is 0 Å². The van der Waals surface area contributed by atoms with Crippen LogP contribution < -0.4 is 0 Å². The maximum Gasteiger partial charge on any atom is 0.415 e. The first kappa shape index (κ1) is 17.4. The lowest BCUT2D eigenvalue weighted by molar-refractivity contribution is -0.208. The zero-order valence-corrected chi connectivity index (χ0v) is 12.3. The van der Waals surface area contributed by atoms with Gasteiger partial charge in [0.25, 0.3) is 0 Å². The minimum atomic E-state index is -4.70. The number of benzene rings is 1. The summed E-state index contributed by atoms with van der Waals surface area (Å²) in [5.74, 6) is -0.434. The van der Waals surface area contributed by atoms with E-state index in [0.717, 1.165) is 0 Å². The highest BCUT2D eigenvalue weighted by Gasteiger charge is 2.39. The Morgan fingerprint density at radius 2 is 1.78 bits per heavy atom. The third-order valence-electron chi connectivity index (χ3n) is 3.47. The molecule has 0 spiro atoms. The van der Waals surface area contributed by atoms with Crippen molar-refractivity contribution in [3.8, 4) is 0 Å². The summed E-state index contributed by atoms with van der Waals surface area (Å²) in [6.07, 6.45) is -4.08. The molecule has 1 aromatic carbocycles. The van der Waals surface area contributed by atoms with E-state index in [2.05, 4.69) is 4.98 Å². The molecular weight excluding hydrogens is 312 g/mol. The van der Waals surface area contributed by atoms with Crippen LogP contribution in [0.3, 0.4) is 0 Å². The summed E-state index contributed by atoms with van der Waals surface area (Å²) in [4.78, 5) is 5.34. The average molecular weight is 328 g/mol. The number of nitrogens with zero attached hydrogens (tertiary/aromatic N) is 2. The van der Waals surface area contributed by atoms with Crippen molar-refractivity contribution in [3.63, 3.8) is 0 Å². The molecule has 3 nitrogen and oxygen atoms in total. The van der Waals surface area contributed by atoms with Crippen LogP contribution >= 0.6 is 0 Å². The summed E-state index contributed by atoms with van der Waals surface area (Å²) in [6.45, 7) is -0.611. The predicted octanol–water partition coefficient (Wildman–Crippen LogP) is 3.17. The monoisotopic (exact) mass is 328 g/mol. The molecule has 2 aromatic rings. The molecule has 7 heteroatoms. The Morgan fingerprint density at radius 3 is 2.30 bits per heavy atom. The van der Waals surface area contributed by atoms with Gasteiger partial charge in [0, 0.05) is 18.9 Å². The highest BCUT2D eigenvalue weighted by molar-refractivity contribution is 5.30. The number of hydrogen-bond donors (Lipinski definition) is 1. The van der Waals surface area contributed by atoms with Crippen molar-refractivity contribution in [2.75, 3.05) is 13.6 Å². The molecule has 2 rings (SSSR count). The molecule has 0 aliphatic rings. The van der Waals surface area contributed by atoms with Crippen molar-refractivity contribution < 1.29 is 22.7 Å². The van der Waals surface area contributed by atoms with Gasteiger partial charge in [0.1, 0.15) is 5.82 Å². The molecule has 0 fully saturated rings. The van der Waals surface area contributed by atoms with Crippen molar-refractivity contribution in [2.45, 2.75) is 18.3 Å². The van der Waals surface area contributed by atoms with Gasteiger partial charge in [-0.25, -0.2) is 4.39 Å². The Kier molecular flexibility index (Phi) is 5.33. The Bertz CT molecular complexity index is 616. The third-order valence-corrected chi connectivity index (χ3v) is 3.47. The standard InChI is InChI=1S/C16H16F4N2O/c1-22(10-14(23)16(18,19)20)15(12-3-2-8-21-9-12)11-4-6-13(17)7-5-11/h2-9,14-15,23H,10H2,1H3. The van der Waals surface area contributed by atoms with Crippen LogP contribution in [-0.4, -0.2) is 40.9 Å². The number of rotatable bonds is 5. The maximum absolute atomic E-state index is 13.1. The second-order valence-electron chi connectivity index (χ2n) is 5.24. The van der Waals surface area contributed by atoms with E-state index in [-0.39, 0.29) is 0 Å². The van der Waals surface area contributed by atoms with E-state index in [9.17, 15) is 22.7 Å². The number of aliphatic hydroxyl groups excluding tert-OH is 1. The molecule has 2 atom stereocenters. The molecule has 1 aromatic heterocycles. The van der Waals surface area contributed by atoms with Crippen LogP contribution in [0, 0.1) is 5.82 Å². The normalized spacial score (nSPS) is 14.7. The van der Waals surface area contributed by atoms with Gasteiger partial charge < -0.3 is 5.11 Å². The number of alkyl halides is 3. The predicted molar refractivity (Wildman–Crippen MR) is 77.2 cm³/mol. The van der Waals surface area contributed by atoms with Gasteiger partial charge >= 0.3 is 6.18 Å². The van der Waals surface area contributed by atoms with Gasteiger partial charge in [-0.15, -0.1) is 0 Å². The Morgan fingerprint density at radius 1 is 1.13 bits per heavy atom. The highest BCUT2D eigenvalue weighted by atomic mass is 19.4. The fraction of sp³-hybridized carbons (Fsp3) is 0.312. The Balaban J connectivity index is 2.32. The fourth-order valence-corrected chi connectivity index (χ4v) is 2.37. The topological polar surface area (TPSA) is 36.4 Å². The lowest BCUT2D eigenvalue weighted by Crippen LogP contribution is -2.41. The molecule has 1 N–H and O–H groups in total. The van der Waals surface area contributed by atoms with Crippen molar-refractivity contribution >= 4 is 0 Å². The molecule has 0 saturated heterocycles. The summed E-state index contributed by atoms with van der Waals surface area (Å²) in [5.41, 5.74) is 1.26. The highest BCUT2D eigenvalue weighted by Crippen LogP contribution is 2.29. The minimum absolute atomic E-state index is 0.434. The van der Waals surface area contributed by atoms with Crippen LogP contribution in [-0.2, 0) is 0 Å². The van der Waals surface area contributed by atoms with E-state index in [1.54, 1.807) is 18.3 Å². The van der Waals surface area contributed by atoms with Gasteiger partial charge in [0.05, 0.1) is 6.04 Å². The van der Waals surface area contributed by atoms with E-state index < -0.39 is 30.7 Å². The number of aliphatic hydroxyl groups is 1. The molecule has 2 unspecified atom stereocenters. The van der Waals surface area contributed by atoms with Gasteiger partial charge in [-0.3, -0.25) is 9.88 Å². The van der Waals surface area contributed by atoms with E-state index in [1.165, 1.54) is 42.4 Å². The van der Waals surface area contributed by atoms with Crippen LogP contribution in [0.2, 0.25) is 0 Å². The number of likely N-dealkylation sites (N-methyl/N-ethyl adjacent to an activating group) is 1. The quantitative estimate of drug-likeness (QED) is 0.857. The first-order valence-electron chi connectivity index (χ1n) is 6.89. The molecule has 0 aliphatic carbocycles. The summed E-state index contributed by atoms with van der Waals surface area (Å²) in [6, 6.07) is 8.30. The van der Waals surface area contributed by atoms with Crippen LogP contribution in [0.15, 0.2) is 48.8 Å². The van der Waals surface area contributed by atoms with Crippen LogP contribution in [0.1, 0.15) is 17.2 Å². The van der Waals surface area contributed by atoms with Crippen LogP contribution in [0.4, 0.5) is 17.6 Å². The van der Waals surface area contributed by atoms with Crippen molar-refractivity contribution in [1.29, 1.82) is 0 Å². The second kappa shape index (κ2) is 7.06. The Hall–Kier alpha value is -1.99. The summed E-state index contributed by atoms with van der Waals surface area (Å²) in [5, 5.41) is 9.30. The van der Waals surface area contributed by atoms with E-state index in [4.69, 9.17) is 0 Å². The number of aromatic nitrogens is 1. The average Bonchev–Trinajstić information content (AvgIpc) is 2.49.